The topological polar surface area (TPSA) is 85.5 Å². The summed E-state index contributed by atoms with van der Waals surface area (Å²) in [4.78, 5) is 2.19. The second-order valence-electron chi connectivity index (χ2n) is 5.46. The molecule has 1 saturated heterocycles. The van der Waals surface area contributed by atoms with Crippen LogP contribution in [-0.2, 0) is 14.6 Å². The molecule has 0 aliphatic carbocycles. The van der Waals surface area contributed by atoms with Crippen molar-refractivity contribution in [2.24, 2.45) is 5.92 Å². The SMILES string of the molecule is CCCS(=O)(=O)c1c(N)nsc1N(C)CC1CCOCC1. The van der Waals surface area contributed by atoms with Crippen molar-refractivity contribution in [3.05, 3.63) is 0 Å². The lowest BCUT2D eigenvalue weighted by atomic mass is 10.00. The van der Waals surface area contributed by atoms with Crippen LogP contribution in [0.15, 0.2) is 4.90 Å². The highest BCUT2D eigenvalue weighted by atomic mass is 32.2. The maximum Gasteiger partial charge on any atom is 0.185 e. The van der Waals surface area contributed by atoms with Crippen LogP contribution in [-0.4, -0.2) is 45.4 Å². The number of nitrogens with two attached hydrogens (primary N) is 1. The number of hydrogen-bond acceptors (Lipinski definition) is 7. The van der Waals surface area contributed by atoms with E-state index in [-0.39, 0.29) is 16.5 Å². The molecule has 0 unspecified atom stereocenters. The largest absolute Gasteiger partial charge is 0.382 e. The van der Waals surface area contributed by atoms with Crippen molar-refractivity contribution in [3.8, 4) is 0 Å². The summed E-state index contributed by atoms with van der Waals surface area (Å²) in [7, 11) is -1.45. The Kier molecular flexibility index (Phi) is 5.45. The molecule has 21 heavy (non-hydrogen) atoms. The zero-order chi connectivity index (χ0) is 15.5. The number of hydrogen-bond donors (Lipinski definition) is 1. The van der Waals surface area contributed by atoms with Gasteiger partial charge in [-0.25, -0.2) is 8.42 Å². The average molecular weight is 333 g/mol. The van der Waals surface area contributed by atoms with Gasteiger partial charge < -0.3 is 15.4 Å². The van der Waals surface area contributed by atoms with Crippen molar-refractivity contribution in [2.45, 2.75) is 31.1 Å². The molecule has 120 valence electrons. The molecule has 2 N–H and O–H groups in total. The van der Waals surface area contributed by atoms with E-state index < -0.39 is 9.84 Å². The molecular weight excluding hydrogens is 310 g/mol. The number of rotatable bonds is 6. The predicted octanol–water partition coefficient (Wildman–Crippen LogP) is 1.77. The minimum Gasteiger partial charge on any atom is -0.382 e. The van der Waals surface area contributed by atoms with Crippen LogP contribution in [0.1, 0.15) is 26.2 Å². The summed E-state index contributed by atoms with van der Waals surface area (Å²) in [5.74, 6) is 0.754. The first-order valence-corrected chi connectivity index (χ1v) is 9.65. The third-order valence-electron chi connectivity index (χ3n) is 3.66. The van der Waals surface area contributed by atoms with Gasteiger partial charge in [0, 0.05) is 26.8 Å². The first-order chi connectivity index (χ1) is 9.95. The van der Waals surface area contributed by atoms with Crippen LogP contribution in [0.2, 0.25) is 0 Å². The molecule has 0 spiro atoms. The van der Waals surface area contributed by atoms with E-state index in [1.807, 2.05) is 18.9 Å². The Bertz CT molecular complexity index is 565. The molecule has 1 aliphatic heterocycles. The molecule has 2 heterocycles. The fourth-order valence-corrected chi connectivity index (χ4v) is 5.35. The molecule has 8 heteroatoms. The predicted molar refractivity (Wildman–Crippen MR) is 85.7 cm³/mol. The van der Waals surface area contributed by atoms with Crippen molar-refractivity contribution in [1.82, 2.24) is 4.37 Å². The highest BCUT2D eigenvalue weighted by molar-refractivity contribution is 7.91. The van der Waals surface area contributed by atoms with Crippen molar-refractivity contribution >= 4 is 32.2 Å². The first kappa shape index (κ1) is 16.5. The van der Waals surface area contributed by atoms with Crippen LogP contribution in [0.5, 0.6) is 0 Å². The molecule has 1 aromatic heterocycles. The number of nitrogens with zero attached hydrogens (tertiary/aromatic N) is 2. The van der Waals surface area contributed by atoms with Crippen molar-refractivity contribution < 1.29 is 13.2 Å². The summed E-state index contributed by atoms with van der Waals surface area (Å²) in [6, 6.07) is 0. The van der Waals surface area contributed by atoms with Gasteiger partial charge in [0.15, 0.2) is 15.7 Å². The Labute approximate surface area is 130 Å². The lowest BCUT2D eigenvalue weighted by Crippen LogP contribution is -2.30. The van der Waals surface area contributed by atoms with Crippen LogP contribution >= 0.6 is 11.5 Å². The minimum atomic E-state index is -3.36. The van der Waals surface area contributed by atoms with E-state index in [1.54, 1.807) is 0 Å². The van der Waals surface area contributed by atoms with Crippen molar-refractivity contribution in [3.63, 3.8) is 0 Å². The van der Waals surface area contributed by atoms with Gasteiger partial charge in [0.05, 0.1) is 5.75 Å². The van der Waals surface area contributed by atoms with Gasteiger partial charge in [0.1, 0.15) is 9.90 Å². The van der Waals surface area contributed by atoms with Crippen LogP contribution in [0.3, 0.4) is 0 Å². The van der Waals surface area contributed by atoms with Gasteiger partial charge in [0.25, 0.3) is 0 Å². The third kappa shape index (κ3) is 3.87. The fraction of sp³-hybridized carbons (Fsp3) is 0.769. The van der Waals surface area contributed by atoms with Crippen LogP contribution in [0.4, 0.5) is 10.8 Å². The van der Waals surface area contributed by atoms with Gasteiger partial charge in [-0.2, -0.15) is 4.37 Å². The summed E-state index contributed by atoms with van der Waals surface area (Å²) < 4.78 is 34.2. The standard InChI is InChI=1S/C13H23N3O3S2/c1-3-8-21(17,18)11-12(14)15-20-13(11)16(2)9-10-4-6-19-7-5-10/h10H,3-9H2,1-2H3,(H2,14,15). The minimum absolute atomic E-state index is 0.105. The Morgan fingerprint density at radius 3 is 2.71 bits per heavy atom. The molecule has 0 bridgehead atoms. The van der Waals surface area contributed by atoms with Gasteiger partial charge >= 0.3 is 0 Å². The summed E-state index contributed by atoms with van der Waals surface area (Å²) in [6.45, 7) is 4.22. The second kappa shape index (κ2) is 6.93. The summed E-state index contributed by atoms with van der Waals surface area (Å²) in [6.07, 6.45) is 2.59. The maximum absolute atomic E-state index is 12.4. The maximum atomic E-state index is 12.4. The van der Waals surface area contributed by atoms with E-state index in [0.717, 1.165) is 32.6 Å². The molecule has 0 aromatic carbocycles. The number of nitrogen functional groups attached to an aromatic ring is 1. The smallest absolute Gasteiger partial charge is 0.185 e. The monoisotopic (exact) mass is 333 g/mol. The Morgan fingerprint density at radius 1 is 1.43 bits per heavy atom. The van der Waals surface area contributed by atoms with E-state index in [1.165, 1.54) is 11.5 Å². The highest BCUT2D eigenvalue weighted by Crippen LogP contribution is 2.35. The lowest BCUT2D eigenvalue weighted by Gasteiger charge is -2.27. The molecule has 0 saturated carbocycles. The molecule has 2 rings (SSSR count). The summed E-state index contributed by atoms with van der Waals surface area (Å²) in [5.41, 5.74) is 5.80. The molecule has 1 fully saturated rings. The van der Waals surface area contributed by atoms with E-state index >= 15 is 0 Å². The molecule has 6 nitrogen and oxygen atoms in total. The Balaban J connectivity index is 2.19. The zero-order valence-corrected chi connectivity index (χ0v) is 14.2. The number of anilines is 2. The molecule has 1 aliphatic rings. The van der Waals surface area contributed by atoms with E-state index in [4.69, 9.17) is 10.5 Å². The molecule has 0 radical (unpaired) electrons. The van der Waals surface area contributed by atoms with E-state index in [0.29, 0.717) is 17.3 Å². The number of ether oxygens (including phenoxy) is 1. The summed E-state index contributed by atoms with van der Waals surface area (Å²) in [5, 5.41) is 0.660. The van der Waals surface area contributed by atoms with E-state index in [2.05, 4.69) is 4.37 Å². The lowest BCUT2D eigenvalue weighted by molar-refractivity contribution is 0.0685. The fourth-order valence-electron chi connectivity index (χ4n) is 2.59. The van der Waals surface area contributed by atoms with Crippen molar-refractivity contribution in [2.75, 3.05) is 43.2 Å². The molecule has 0 amide bonds. The third-order valence-corrected chi connectivity index (χ3v) is 6.74. The van der Waals surface area contributed by atoms with Gasteiger partial charge in [-0.15, -0.1) is 0 Å². The van der Waals surface area contributed by atoms with Crippen LogP contribution in [0, 0.1) is 5.92 Å². The van der Waals surface area contributed by atoms with E-state index in [9.17, 15) is 8.42 Å². The van der Waals surface area contributed by atoms with Gasteiger partial charge in [-0.05, 0) is 36.7 Å². The van der Waals surface area contributed by atoms with Crippen molar-refractivity contribution in [1.29, 1.82) is 0 Å². The first-order valence-electron chi connectivity index (χ1n) is 7.22. The van der Waals surface area contributed by atoms with Gasteiger partial charge in [-0.1, -0.05) is 6.92 Å². The van der Waals surface area contributed by atoms with Gasteiger partial charge in [-0.3, -0.25) is 0 Å². The normalized spacial score (nSPS) is 17.0. The van der Waals surface area contributed by atoms with Crippen LogP contribution < -0.4 is 10.6 Å². The number of aromatic nitrogens is 1. The molecule has 0 atom stereocenters. The van der Waals surface area contributed by atoms with Crippen LogP contribution in [0.25, 0.3) is 0 Å². The molecule has 1 aromatic rings. The zero-order valence-electron chi connectivity index (χ0n) is 12.5. The second-order valence-corrected chi connectivity index (χ2v) is 8.26. The molecular formula is C13H23N3O3S2. The van der Waals surface area contributed by atoms with Gasteiger partial charge in [0.2, 0.25) is 0 Å². The Hall–Kier alpha value is -0.860. The highest BCUT2D eigenvalue weighted by Gasteiger charge is 2.28. The average Bonchev–Trinajstić information content (AvgIpc) is 2.82. The summed E-state index contributed by atoms with van der Waals surface area (Å²) >= 11 is 1.17. The number of sulfone groups is 1. The quantitative estimate of drug-likeness (QED) is 0.854. The Morgan fingerprint density at radius 2 is 2.10 bits per heavy atom.